The molecule has 1 amide bonds. The summed E-state index contributed by atoms with van der Waals surface area (Å²) < 4.78 is 20.8. The zero-order valence-corrected chi connectivity index (χ0v) is 21.7. The highest BCUT2D eigenvalue weighted by atomic mass is 31.2. The Kier molecular flexibility index (Phi) is 20.5. The van der Waals surface area contributed by atoms with Crippen LogP contribution >= 0.6 is 7.82 Å². The molecule has 0 aliphatic heterocycles. The van der Waals surface area contributed by atoms with Crippen LogP contribution in [0.15, 0.2) is 12.2 Å². The van der Waals surface area contributed by atoms with E-state index in [1.165, 1.54) is 32.1 Å². The van der Waals surface area contributed by atoms with Gasteiger partial charge >= 0.3 is 7.82 Å². The molecule has 0 saturated heterocycles. The summed E-state index contributed by atoms with van der Waals surface area (Å²) in [6.07, 6.45) is 11.9. The molecule has 0 aromatic rings. The second kappa shape index (κ2) is 20.0. The minimum atomic E-state index is -3.96. The first-order valence-corrected chi connectivity index (χ1v) is 13.0. The molecule has 0 bridgehead atoms. The second-order valence-electron chi connectivity index (χ2n) is 8.23. The number of hydrogen-bond acceptors (Lipinski definition) is 7. The van der Waals surface area contributed by atoms with E-state index >= 15 is 0 Å². The lowest BCUT2D eigenvalue weighted by atomic mass is 9.74. The Morgan fingerprint density at radius 3 is 2.27 bits per heavy atom. The van der Waals surface area contributed by atoms with Gasteiger partial charge in [-0.2, -0.15) is 0 Å². The van der Waals surface area contributed by atoms with E-state index < -0.39 is 7.82 Å². The molecule has 33 heavy (non-hydrogen) atoms. The number of phosphoric acid groups is 1. The first kappa shape index (κ1) is 33.8. The minimum absolute atomic E-state index is 0.0249. The van der Waals surface area contributed by atoms with Crippen molar-refractivity contribution in [2.45, 2.75) is 58.8 Å². The van der Waals surface area contributed by atoms with Crippen LogP contribution in [0.1, 0.15) is 58.8 Å². The van der Waals surface area contributed by atoms with Crippen molar-refractivity contribution < 1.29 is 32.9 Å². The van der Waals surface area contributed by atoms with Gasteiger partial charge in [0.2, 0.25) is 5.91 Å². The van der Waals surface area contributed by atoms with Crippen molar-refractivity contribution in [3.8, 4) is 0 Å². The molecule has 2 aliphatic rings. The molecule has 0 spiro atoms. The monoisotopic (exact) mass is 492 g/mol. The van der Waals surface area contributed by atoms with E-state index in [0.29, 0.717) is 12.3 Å². The summed E-state index contributed by atoms with van der Waals surface area (Å²) >= 11 is 0. The van der Waals surface area contributed by atoms with E-state index in [9.17, 15) is 14.3 Å². The predicted molar refractivity (Wildman–Crippen MR) is 130 cm³/mol. The van der Waals surface area contributed by atoms with Crippen LogP contribution in [-0.4, -0.2) is 63.1 Å². The van der Waals surface area contributed by atoms with Crippen molar-refractivity contribution in [3.05, 3.63) is 12.2 Å². The van der Waals surface area contributed by atoms with Gasteiger partial charge in [-0.25, -0.2) is 4.57 Å². The third-order valence-corrected chi connectivity index (χ3v) is 6.79. The fourth-order valence-corrected chi connectivity index (χ4v) is 4.76. The smallest absolute Gasteiger partial charge is 0.345 e. The van der Waals surface area contributed by atoms with Gasteiger partial charge < -0.3 is 25.1 Å². The fraction of sp³-hybridized carbons (Fsp3) is 0.783. The highest BCUT2D eigenvalue weighted by Gasteiger charge is 2.36. The van der Waals surface area contributed by atoms with Gasteiger partial charge in [0, 0.05) is 26.6 Å². The summed E-state index contributed by atoms with van der Waals surface area (Å²) in [6, 6.07) is 0. The van der Waals surface area contributed by atoms with E-state index in [0.717, 1.165) is 26.6 Å². The largest absolute Gasteiger partial charge is 0.471 e. The maximum absolute atomic E-state index is 13.1. The van der Waals surface area contributed by atoms with Gasteiger partial charge in [0.05, 0.1) is 6.61 Å². The first-order valence-electron chi connectivity index (χ1n) is 11.5. The summed E-state index contributed by atoms with van der Waals surface area (Å²) in [4.78, 5) is 40.4. The van der Waals surface area contributed by atoms with Crippen molar-refractivity contribution in [3.63, 3.8) is 0 Å². The van der Waals surface area contributed by atoms with Crippen molar-refractivity contribution in [1.29, 1.82) is 0 Å². The SMILES string of the molecule is C=O.C=O.CCN.COP(=O)(O)OCCC1C=CCC(C)C1C(=O)N(C)CC1CCCCC1. The molecule has 194 valence electrons. The summed E-state index contributed by atoms with van der Waals surface area (Å²) in [6.45, 7) is 9.70. The van der Waals surface area contributed by atoms with Crippen molar-refractivity contribution in [1.82, 2.24) is 4.90 Å². The number of nitrogens with zero attached hydrogens (tertiary/aromatic N) is 1. The topological polar surface area (TPSA) is 136 Å². The Labute approximate surface area is 199 Å². The van der Waals surface area contributed by atoms with E-state index in [-0.39, 0.29) is 30.3 Å². The average molecular weight is 493 g/mol. The number of phosphoric ester groups is 1. The van der Waals surface area contributed by atoms with Crippen molar-refractivity contribution in [2.24, 2.45) is 29.4 Å². The van der Waals surface area contributed by atoms with E-state index in [1.54, 1.807) is 0 Å². The molecular weight excluding hydrogens is 447 g/mol. The number of nitrogens with two attached hydrogens (primary N) is 1. The molecule has 3 N–H and O–H groups in total. The molecule has 2 aliphatic carbocycles. The molecule has 0 aromatic carbocycles. The Bertz CT molecular complexity index is 583. The molecule has 9 nitrogen and oxygen atoms in total. The molecule has 0 aromatic heterocycles. The lowest BCUT2D eigenvalue weighted by Gasteiger charge is -2.36. The molecule has 1 saturated carbocycles. The predicted octanol–water partition coefficient (Wildman–Crippen LogP) is 3.60. The molecule has 0 heterocycles. The Morgan fingerprint density at radius 2 is 1.76 bits per heavy atom. The highest BCUT2D eigenvalue weighted by molar-refractivity contribution is 7.47. The number of amides is 1. The zero-order chi connectivity index (χ0) is 25.9. The van der Waals surface area contributed by atoms with Gasteiger partial charge in [0.15, 0.2) is 0 Å². The zero-order valence-electron chi connectivity index (χ0n) is 20.8. The van der Waals surface area contributed by atoms with Gasteiger partial charge in [-0.15, -0.1) is 0 Å². The minimum Gasteiger partial charge on any atom is -0.345 e. The van der Waals surface area contributed by atoms with Crippen LogP contribution in [0.4, 0.5) is 0 Å². The molecule has 4 atom stereocenters. The summed E-state index contributed by atoms with van der Waals surface area (Å²) in [7, 11) is -0.895. The highest BCUT2D eigenvalue weighted by Crippen LogP contribution is 2.43. The fourth-order valence-electron chi connectivity index (χ4n) is 4.32. The Balaban J connectivity index is 0. The molecule has 0 radical (unpaired) electrons. The average Bonchev–Trinajstić information content (AvgIpc) is 2.82. The lowest BCUT2D eigenvalue weighted by Crippen LogP contribution is -2.43. The lowest BCUT2D eigenvalue weighted by molar-refractivity contribution is -0.138. The molecule has 1 fully saturated rings. The van der Waals surface area contributed by atoms with Crippen LogP contribution in [0.3, 0.4) is 0 Å². The van der Waals surface area contributed by atoms with Crippen molar-refractivity contribution >= 4 is 27.3 Å². The quantitative estimate of drug-likeness (QED) is 0.387. The van der Waals surface area contributed by atoms with Crippen LogP contribution in [-0.2, 0) is 28.0 Å². The summed E-state index contributed by atoms with van der Waals surface area (Å²) in [5.74, 6) is 0.997. The molecular formula is C23H45N2O7P. The van der Waals surface area contributed by atoms with Crippen LogP contribution in [0.25, 0.3) is 0 Å². The summed E-state index contributed by atoms with van der Waals surface area (Å²) in [5.41, 5.74) is 4.85. The molecule has 10 heteroatoms. The van der Waals surface area contributed by atoms with Crippen molar-refractivity contribution in [2.75, 3.05) is 33.9 Å². The van der Waals surface area contributed by atoms with Gasteiger partial charge in [-0.05, 0) is 50.0 Å². The standard InChI is InChI=1S/C19H34NO5P.C2H7N.2CH2O/c1-15-8-7-11-17(12-13-25-26(22,23)24-3)18(15)19(21)20(2)14-16-9-5-4-6-10-16;1-2-3;2*1-2/h7,11,15-18H,4-6,8-10,12-14H2,1-3H3,(H,22,23);2-3H2,1H3;2*1H2. The van der Waals surface area contributed by atoms with Gasteiger partial charge in [-0.3, -0.25) is 13.8 Å². The molecule has 4 unspecified atom stereocenters. The third kappa shape index (κ3) is 13.8. The van der Waals surface area contributed by atoms with E-state index in [4.69, 9.17) is 19.8 Å². The van der Waals surface area contributed by atoms with Gasteiger partial charge in [0.1, 0.15) is 13.6 Å². The Morgan fingerprint density at radius 1 is 1.21 bits per heavy atom. The number of carbonyl (C=O) groups excluding carboxylic acids is 3. The van der Waals surface area contributed by atoms with Crippen LogP contribution in [0, 0.1) is 23.7 Å². The van der Waals surface area contributed by atoms with E-state index in [2.05, 4.69) is 23.6 Å². The normalized spacial score (nSPS) is 23.9. The first-order chi connectivity index (χ1) is 15.8. The van der Waals surface area contributed by atoms with Crippen LogP contribution in [0.5, 0.6) is 0 Å². The van der Waals surface area contributed by atoms with Crippen LogP contribution < -0.4 is 5.73 Å². The maximum atomic E-state index is 13.1. The summed E-state index contributed by atoms with van der Waals surface area (Å²) in [5, 5.41) is 0. The van der Waals surface area contributed by atoms with E-state index in [1.807, 2.05) is 32.4 Å². The number of allylic oxidation sites excluding steroid dienone is 2. The molecule has 2 rings (SSSR count). The third-order valence-electron chi connectivity index (χ3n) is 5.82. The maximum Gasteiger partial charge on any atom is 0.471 e. The van der Waals surface area contributed by atoms with Gasteiger partial charge in [0.25, 0.3) is 0 Å². The number of rotatable bonds is 8. The number of hydrogen-bond donors (Lipinski definition) is 2. The number of carbonyl (C=O) groups is 3. The van der Waals surface area contributed by atoms with Gasteiger partial charge in [-0.1, -0.05) is 45.3 Å². The second-order valence-corrected chi connectivity index (χ2v) is 9.80. The Hall–Kier alpha value is -1.38. The van der Waals surface area contributed by atoms with Crippen LogP contribution in [0.2, 0.25) is 0 Å².